The maximum atomic E-state index is 11.3. The third-order valence-electron chi connectivity index (χ3n) is 3.33. The number of nitrogens with zero attached hydrogens (tertiary/aromatic N) is 1. The van der Waals surface area contributed by atoms with Crippen molar-refractivity contribution < 1.29 is 9.90 Å². The molecule has 0 saturated carbocycles. The number of halogens is 1. The number of pyridine rings is 1. The molecule has 4 heteroatoms. The van der Waals surface area contributed by atoms with Crippen LogP contribution in [-0.4, -0.2) is 16.1 Å². The van der Waals surface area contributed by atoms with Gasteiger partial charge in [0.2, 0.25) is 0 Å². The molecule has 0 fully saturated rings. The first-order valence-corrected chi connectivity index (χ1v) is 7.07. The summed E-state index contributed by atoms with van der Waals surface area (Å²) < 4.78 is 0. The number of carboxylic acid groups (broad SMARTS) is 1. The number of hydrogen-bond acceptors (Lipinski definition) is 2. The number of carboxylic acids is 1. The maximum absolute atomic E-state index is 11.3. The van der Waals surface area contributed by atoms with E-state index in [-0.39, 0.29) is 5.56 Å². The van der Waals surface area contributed by atoms with Crippen LogP contribution < -0.4 is 0 Å². The Hall–Kier alpha value is -2.65. The fourth-order valence-corrected chi connectivity index (χ4v) is 2.35. The molecule has 3 rings (SSSR count). The van der Waals surface area contributed by atoms with Gasteiger partial charge in [0.25, 0.3) is 0 Å². The zero-order valence-corrected chi connectivity index (χ0v) is 12.3. The van der Waals surface area contributed by atoms with Crippen LogP contribution in [0.1, 0.15) is 21.5 Å². The van der Waals surface area contributed by atoms with Crippen LogP contribution >= 0.6 is 11.6 Å². The Morgan fingerprint density at radius 2 is 1.68 bits per heavy atom. The van der Waals surface area contributed by atoms with Crippen molar-refractivity contribution in [1.29, 1.82) is 0 Å². The molecular weight excluding hydrogens is 298 g/mol. The zero-order chi connectivity index (χ0) is 15.5. The molecule has 0 aliphatic rings. The van der Waals surface area contributed by atoms with Gasteiger partial charge in [0.1, 0.15) is 0 Å². The lowest BCUT2D eigenvalue weighted by molar-refractivity contribution is 0.0699. The minimum absolute atomic E-state index is 0.256. The van der Waals surface area contributed by atoms with Crippen molar-refractivity contribution in [2.75, 3.05) is 0 Å². The molecule has 0 amide bonds. The van der Waals surface area contributed by atoms with Crippen molar-refractivity contribution in [2.24, 2.45) is 0 Å². The van der Waals surface area contributed by atoms with Gasteiger partial charge in [-0.1, -0.05) is 42.0 Å². The molecule has 3 aromatic rings. The van der Waals surface area contributed by atoms with Crippen LogP contribution in [-0.2, 0) is 0 Å². The third kappa shape index (κ3) is 3.00. The van der Waals surface area contributed by atoms with Crippen LogP contribution in [0.3, 0.4) is 0 Å². The Morgan fingerprint density at radius 3 is 2.41 bits per heavy atom. The average molecular weight is 310 g/mol. The van der Waals surface area contributed by atoms with Crippen LogP contribution in [0.2, 0.25) is 5.02 Å². The molecule has 0 saturated heterocycles. The summed E-state index contributed by atoms with van der Waals surface area (Å²) in [7, 11) is 0. The first-order valence-electron chi connectivity index (χ1n) is 6.69. The lowest BCUT2D eigenvalue weighted by Crippen LogP contribution is -1.98. The number of aromatic carboxylic acids is 1. The van der Waals surface area contributed by atoms with Gasteiger partial charge in [-0.3, -0.25) is 4.98 Å². The second-order valence-electron chi connectivity index (χ2n) is 4.83. The topological polar surface area (TPSA) is 50.2 Å². The molecule has 2 aromatic carbocycles. The number of rotatable bonds is 3. The van der Waals surface area contributed by atoms with E-state index in [2.05, 4.69) is 4.98 Å². The molecule has 0 unspecified atom stereocenters. The number of carbonyl (C=O) groups is 1. The van der Waals surface area contributed by atoms with E-state index in [9.17, 15) is 9.90 Å². The second kappa shape index (κ2) is 6.00. The van der Waals surface area contributed by atoms with E-state index in [1.165, 1.54) is 12.3 Å². The SMILES string of the molecule is O=C(O)c1ccnc2ccc(/C=C/c3ccc(Cl)cc3)cc12. The highest BCUT2D eigenvalue weighted by atomic mass is 35.5. The zero-order valence-electron chi connectivity index (χ0n) is 11.5. The number of fused-ring (bicyclic) bond motifs is 1. The predicted octanol–water partition coefficient (Wildman–Crippen LogP) is 4.76. The van der Waals surface area contributed by atoms with Crippen LogP contribution in [0, 0.1) is 0 Å². The van der Waals surface area contributed by atoms with Crippen LogP contribution in [0.15, 0.2) is 54.7 Å². The van der Waals surface area contributed by atoms with Gasteiger partial charge in [-0.2, -0.15) is 0 Å². The van der Waals surface area contributed by atoms with E-state index in [1.54, 1.807) is 0 Å². The van der Waals surface area contributed by atoms with Crippen LogP contribution in [0.5, 0.6) is 0 Å². The number of benzene rings is 2. The lowest BCUT2D eigenvalue weighted by Gasteiger charge is -2.03. The number of hydrogen-bond donors (Lipinski definition) is 1. The van der Waals surface area contributed by atoms with Crippen molar-refractivity contribution in [2.45, 2.75) is 0 Å². The molecule has 0 bridgehead atoms. The quantitative estimate of drug-likeness (QED) is 0.710. The smallest absolute Gasteiger partial charge is 0.336 e. The largest absolute Gasteiger partial charge is 0.478 e. The molecular formula is C18H12ClNO2. The van der Waals surface area contributed by atoms with Crippen molar-refractivity contribution in [3.63, 3.8) is 0 Å². The highest BCUT2D eigenvalue weighted by molar-refractivity contribution is 6.30. The molecule has 0 radical (unpaired) electrons. The molecule has 108 valence electrons. The Morgan fingerprint density at radius 1 is 1.00 bits per heavy atom. The maximum Gasteiger partial charge on any atom is 0.336 e. The first-order chi connectivity index (χ1) is 10.6. The van der Waals surface area contributed by atoms with Gasteiger partial charge in [0, 0.05) is 16.6 Å². The van der Waals surface area contributed by atoms with Gasteiger partial charge in [-0.25, -0.2) is 4.79 Å². The molecule has 1 N–H and O–H groups in total. The highest BCUT2D eigenvalue weighted by Gasteiger charge is 2.08. The summed E-state index contributed by atoms with van der Waals surface area (Å²) in [5.41, 5.74) is 2.86. The Kier molecular flexibility index (Phi) is 3.90. The molecule has 0 aliphatic carbocycles. The third-order valence-corrected chi connectivity index (χ3v) is 3.59. The fourth-order valence-electron chi connectivity index (χ4n) is 2.22. The van der Waals surface area contributed by atoms with Gasteiger partial charge < -0.3 is 5.11 Å². The minimum Gasteiger partial charge on any atom is -0.478 e. The first kappa shape index (κ1) is 14.3. The van der Waals surface area contributed by atoms with Crippen molar-refractivity contribution in [3.05, 3.63) is 76.4 Å². The lowest BCUT2D eigenvalue weighted by atomic mass is 10.1. The Bertz CT molecular complexity index is 870. The molecule has 1 heterocycles. The van der Waals surface area contributed by atoms with E-state index < -0.39 is 5.97 Å². The summed E-state index contributed by atoms with van der Waals surface area (Å²) in [6, 6.07) is 14.6. The standard InChI is InChI=1S/C18H12ClNO2/c19-14-6-3-12(4-7-14)1-2-13-5-8-17-16(11-13)15(18(21)22)9-10-20-17/h1-11H,(H,21,22)/b2-1+. The molecule has 1 aromatic heterocycles. The molecule has 22 heavy (non-hydrogen) atoms. The average Bonchev–Trinajstić information content (AvgIpc) is 2.53. The van der Waals surface area contributed by atoms with Crippen molar-refractivity contribution in [1.82, 2.24) is 4.98 Å². The van der Waals surface area contributed by atoms with E-state index in [0.29, 0.717) is 15.9 Å². The van der Waals surface area contributed by atoms with E-state index >= 15 is 0 Å². The van der Waals surface area contributed by atoms with Crippen LogP contribution in [0.4, 0.5) is 0 Å². The molecule has 0 spiro atoms. The summed E-state index contributed by atoms with van der Waals surface area (Å²) in [4.78, 5) is 15.5. The normalized spacial score (nSPS) is 11.1. The highest BCUT2D eigenvalue weighted by Crippen LogP contribution is 2.20. The summed E-state index contributed by atoms with van der Waals surface area (Å²) >= 11 is 5.85. The van der Waals surface area contributed by atoms with Crippen LogP contribution in [0.25, 0.3) is 23.1 Å². The van der Waals surface area contributed by atoms with Gasteiger partial charge in [0.05, 0.1) is 11.1 Å². The van der Waals surface area contributed by atoms with Gasteiger partial charge in [0.15, 0.2) is 0 Å². The molecule has 3 nitrogen and oxygen atoms in total. The van der Waals surface area contributed by atoms with Crippen molar-refractivity contribution >= 4 is 40.6 Å². The van der Waals surface area contributed by atoms with E-state index in [0.717, 1.165) is 11.1 Å². The predicted molar refractivity (Wildman–Crippen MR) is 89.1 cm³/mol. The Labute approximate surface area is 132 Å². The summed E-state index contributed by atoms with van der Waals surface area (Å²) in [6.45, 7) is 0. The monoisotopic (exact) mass is 309 g/mol. The molecule has 0 aliphatic heterocycles. The van der Waals surface area contributed by atoms with E-state index in [4.69, 9.17) is 11.6 Å². The summed E-state index contributed by atoms with van der Waals surface area (Å²) in [5.74, 6) is -0.953. The summed E-state index contributed by atoms with van der Waals surface area (Å²) in [5, 5.41) is 10.6. The van der Waals surface area contributed by atoms with Crippen molar-refractivity contribution in [3.8, 4) is 0 Å². The van der Waals surface area contributed by atoms with Gasteiger partial charge >= 0.3 is 5.97 Å². The van der Waals surface area contributed by atoms with Gasteiger partial charge in [-0.15, -0.1) is 0 Å². The Balaban J connectivity index is 1.99. The fraction of sp³-hybridized carbons (Fsp3) is 0. The number of aromatic nitrogens is 1. The summed E-state index contributed by atoms with van der Waals surface area (Å²) in [6.07, 6.45) is 5.39. The minimum atomic E-state index is -0.953. The van der Waals surface area contributed by atoms with Gasteiger partial charge in [-0.05, 0) is 41.5 Å². The second-order valence-corrected chi connectivity index (χ2v) is 5.26. The molecule has 0 atom stereocenters. The van der Waals surface area contributed by atoms with E-state index in [1.807, 2.05) is 54.6 Å².